The summed E-state index contributed by atoms with van der Waals surface area (Å²) in [6, 6.07) is 10.9. The van der Waals surface area contributed by atoms with Gasteiger partial charge in [-0.15, -0.1) is 0 Å². The molecule has 0 amide bonds. The highest BCUT2D eigenvalue weighted by Gasteiger charge is 2.21. The smallest absolute Gasteiger partial charge is 0.133 e. The molecule has 3 heteroatoms. The summed E-state index contributed by atoms with van der Waals surface area (Å²) < 4.78 is 0. The van der Waals surface area contributed by atoms with E-state index in [0.717, 1.165) is 30.2 Å². The van der Waals surface area contributed by atoms with Crippen LogP contribution in [0.15, 0.2) is 30.3 Å². The molecule has 1 aromatic carbocycles. The molecule has 1 N–H and O–H groups in total. The Hall–Kier alpha value is -1.74. The van der Waals surface area contributed by atoms with Crippen LogP contribution in [0.25, 0.3) is 0 Å². The third-order valence-electron chi connectivity index (χ3n) is 3.99. The Morgan fingerprint density at radius 3 is 2.40 bits per heavy atom. The molecule has 0 spiro atoms. The van der Waals surface area contributed by atoms with E-state index >= 15 is 0 Å². The van der Waals surface area contributed by atoms with Crippen molar-refractivity contribution in [1.82, 2.24) is 15.3 Å². The first kappa shape index (κ1) is 13.3. The molecule has 1 aliphatic heterocycles. The number of hydrogen-bond donors (Lipinski definition) is 1. The van der Waals surface area contributed by atoms with Crippen LogP contribution in [0.3, 0.4) is 0 Å². The fourth-order valence-corrected chi connectivity index (χ4v) is 3.09. The zero-order valence-corrected chi connectivity index (χ0v) is 12.2. The quantitative estimate of drug-likeness (QED) is 0.928. The number of nitrogens with one attached hydrogen (secondary N) is 1. The number of rotatable bonds is 3. The first-order chi connectivity index (χ1) is 9.74. The lowest BCUT2D eigenvalue weighted by Crippen LogP contribution is -2.17. The van der Waals surface area contributed by atoms with Gasteiger partial charge in [-0.05, 0) is 38.8 Å². The largest absolute Gasteiger partial charge is 0.310 e. The Bertz CT molecular complexity index is 563. The Labute approximate surface area is 120 Å². The van der Waals surface area contributed by atoms with Crippen molar-refractivity contribution < 1.29 is 0 Å². The van der Waals surface area contributed by atoms with Gasteiger partial charge in [0.15, 0.2) is 0 Å². The summed E-state index contributed by atoms with van der Waals surface area (Å²) in [5.74, 6) is 0.924. The highest BCUT2D eigenvalue weighted by molar-refractivity contribution is 5.30. The van der Waals surface area contributed by atoms with Crippen molar-refractivity contribution in [2.75, 3.05) is 6.54 Å². The number of hydrogen-bond acceptors (Lipinski definition) is 3. The minimum absolute atomic E-state index is 0.445. The summed E-state index contributed by atoms with van der Waals surface area (Å²) in [4.78, 5) is 9.45. The van der Waals surface area contributed by atoms with Gasteiger partial charge in [0.1, 0.15) is 5.82 Å². The Balaban J connectivity index is 1.87. The summed E-state index contributed by atoms with van der Waals surface area (Å²) in [7, 11) is 0. The van der Waals surface area contributed by atoms with Gasteiger partial charge in [0, 0.05) is 29.4 Å². The van der Waals surface area contributed by atoms with E-state index in [1.807, 2.05) is 6.07 Å². The second-order valence-electron chi connectivity index (χ2n) is 5.54. The predicted molar refractivity (Wildman–Crippen MR) is 80.7 cm³/mol. The van der Waals surface area contributed by atoms with E-state index in [1.54, 1.807) is 0 Å². The third-order valence-corrected chi connectivity index (χ3v) is 3.99. The van der Waals surface area contributed by atoms with Crippen molar-refractivity contribution in [2.24, 2.45) is 0 Å². The zero-order valence-electron chi connectivity index (χ0n) is 12.2. The molecular formula is C17H21N3. The van der Waals surface area contributed by atoms with Crippen molar-refractivity contribution in [1.29, 1.82) is 0 Å². The van der Waals surface area contributed by atoms with Gasteiger partial charge in [0.2, 0.25) is 0 Å². The maximum atomic E-state index is 4.72. The molecule has 1 atom stereocenters. The highest BCUT2D eigenvalue weighted by Crippen LogP contribution is 2.27. The monoisotopic (exact) mass is 267 g/mol. The highest BCUT2D eigenvalue weighted by atomic mass is 15.0. The minimum Gasteiger partial charge on any atom is -0.310 e. The summed E-state index contributed by atoms with van der Waals surface area (Å²) >= 11 is 0. The molecule has 1 aromatic heterocycles. The van der Waals surface area contributed by atoms with Crippen molar-refractivity contribution in [3.8, 4) is 0 Å². The molecule has 3 rings (SSSR count). The standard InChI is InChI=1S/C17H21N3/c1-12-17(15-9-6-10-18-15)13(2)20-16(19-12)11-14-7-4-3-5-8-14/h3-5,7-8,15,18H,6,9-11H2,1-2H3. The fraction of sp³-hybridized carbons (Fsp3) is 0.412. The molecule has 1 aliphatic rings. The van der Waals surface area contributed by atoms with Crippen molar-refractivity contribution in [3.05, 3.63) is 58.7 Å². The van der Waals surface area contributed by atoms with E-state index in [0.29, 0.717) is 6.04 Å². The molecule has 1 fully saturated rings. The molecule has 3 nitrogen and oxygen atoms in total. The minimum atomic E-state index is 0.445. The number of aryl methyl sites for hydroxylation is 2. The van der Waals surface area contributed by atoms with E-state index in [4.69, 9.17) is 9.97 Å². The SMILES string of the molecule is Cc1nc(Cc2ccccc2)nc(C)c1C1CCCN1. The van der Waals surface area contributed by atoms with Gasteiger partial charge in [0.05, 0.1) is 0 Å². The van der Waals surface area contributed by atoms with Gasteiger partial charge in [-0.1, -0.05) is 30.3 Å². The molecule has 1 unspecified atom stereocenters. The number of nitrogens with zero attached hydrogens (tertiary/aromatic N) is 2. The normalized spacial score (nSPS) is 18.4. The Morgan fingerprint density at radius 2 is 1.80 bits per heavy atom. The van der Waals surface area contributed by atoms with Gasteiger partial charge >= 0.3 is 0 Å². The first-order valence-corrected chi connectivity index (χ1v) is 7.35. The zero-order chi connectivity index (χ0) is 13.9. The second-order valence-corrected chi connectivity index (χ2v) is 5.54. The second kappa shape index (κ2) is 5.71. The van der Waals surface area contributed by atoms with Gasteiger partial charge in [-0.25, -0.2) is 9.97 Å². The summed E-state index contributed by atoms with van der Waals surface area (Å²) in [5.41, 5.74) is 4.82. The fourth-order valence-electron chi connectivity index (χ4n) is 3.09. The summed E-state index contributed by atoms with van der Waals surface area (Å²) in [5, 5.41) is 3.54. The van der Waals surface area contributed by atoms with E-state index < -0.39 is 0 Å². The third kappa shape index (κ3) is 2.73. The predicted octanol–water partition coefficient (Wildman–Crippen LogP) is 3.11. The van der Waals surface area contributed by atoms with Gasteiger partial charge in [0.25, 0.3) is 0 Å². The maximum absolute atomic E-state index is 4.72. The van der Waals surface area contributed by atoms with E-state index in [2.05, 4.69) is 43.4 Å². The molecule has 2 heterocycles. The van der Waals surface area contributed by atoms with E-state index in [1.165, 1.54) is 24.0 Å². The van der Waals surface area contributed by atoms with E-state index in [9.17, 15) is 0 Å². The van der Waals surface area contributed by atoms with Gasteiger partial charge in [-0.3, -0.25) is 0 Å². The molecule has 1 saturated heterocycles. The molecule has 0 radical (unpaired) electrons. The van der Waals surface area contributed by atoms with Crippen LogP contribution < -0.4 is 5.32 Å². The maximum Gasteiger partial charge on any atom is 0.133 e. The lowest BCUT2D eigenvalue weighted by Gasteiger charge is -2.16. The molecule has 0 saturated carbocycles. The van der Waals surface area contributed by atoms with E-state index in [-0.39, 0.29) is 0 Å². The van der Waals surface area contributed by atoms with Crippen LogP contribution in [-0.4, -0.2) is 16.5 Å². The van der Waals surface area contributed by atoms with Crippen molar-refractivity contribution in [2.45, 2.75) is 39.2 Å². The average Bonchev–Trinajstić information content (AvgIpc) is 2.93. The lowest BCUT2D eigenvalue weighted by atomic mass is 10.0. The Kier molecular flexibility index (Phi) is 3.79. The number of benzene rings is 1. The van der Waals surface area contributed by atoms with Crippen LogP contribution in [0.4, 0.5) is 0 Å². The average molecular weight is 267 g/mol. The molecule has 104 valence electrons. The molecule has 2 aromatic rings. The molecule has 20 heavy (non-hydrogen) atoms. The molecule has 0 aliphatic carbocycles. The number of aromatic nitrogens is 2. The van der Waals surface area contributed by atoms with Gasteiger partial charge < -0.3 is 5.32 Å². The first-order valence-electron chi connectivity index (χ1n) is 7.35. The topological polar surface area (TPSA) is 37.8 Å². The summed E-state index contributed by atoms with van der Waals surface area (Å²) in [6.07, 6.45) is 3.25. The van der Waals surface area contributed by atoms with Crippen LogP contribution >= 0.6 is 0 Å². The molecular weight excluding hydrogens is 246 g/mol. The van der Waals surface area contributed by atoms with Crippen LogP contribution in [0.1, 0.15) is 47.2 Å². The van der Waals surface area contributed by atoms with Crippen LogP contribution in [0.2, 0.25) is 0 Å². The van der Waals surface area contributed by atoms with Crippen LogP contribution in [-0.2, 0) is 6.42 Å². The molecule has 0 bridgehead atoms. The Morgan fingerprint density at radius 1 is 1.10 bits per heavy atom. The van der Waals surface area contributed by atoms with Crippen LogP contribution in [0, 0.1) is 13.8 Å². The van der Waals surface area contributed by atoms with Crippen molar-refractivity contribution >= 4 is 0 Å². The van der Waals surface area contributed by atoms with Crippen LogP contribution in [0.5, 0.6) is 0 Å². The van der Waals surface area contributed by atoms with Gasteiger partial charge in [-0.2, -0.15) is 0 Å². The summed E-state index contributed by atoms with van der Waals surface area (Å²) in [6.45, 7) is 5.33. The lowest BCUT2D eigenvalue weighted by molar-refractivity contribution is 0.627. The van der Waals surface area contributed by atoms with Crippen molar-refractivity contribution in [3.63, 3.8) is 0 Å².